The summed E-state index contributed by atoms with van der Waals surface area (Å²) < 4.78 is 14.4. The van der Waals surface area contributed by atoms with Gasteiger partial charge in [-0.25, -0.2) is 4.57 Å². The Morgan fingerprint density at radius 3 is 1.40 bits per heavy atom. The minimum absolute atomic E-state index is 0. The first kappa shape index (κ1) is 27.8. The topological polar surface area (TPSA) is 83.8 Å². The van der Waals surface area contributed by atoms with Crippen LogP contribution in [0.5, 0.6) is 0 Å². The number of rotatable bonds is 17. The summed E-state index contributed by atoms with van der Waals surface area (Å²) in [5.74, 6) is -0.807. The van der Waals surface area contributed by atoms with Gasteiger partial charge in [-0.05, 0) is 6.42 Å². The zero-order valence-corrected chi connectivity index (χ0v) is 19.3. The van der Waals surface area contributed by atoms with E-state index in [0.717, 1.165) is 12.8 Å². The van der Waals surface area contributed by atoms with E-state index in [9.17, 15) is 9.36 Å². The monoisotopic (exact) mass is 388 g/mol. The third-order valence-corrected chi connectivity index (χ3v) is 4.65. The SMILES string of the molecule is CCCCCCCCCCCCCCCCCC(=O)OP(=O)(O)O.[H-].[Na+]. The molecule has 0 aliphatic carbocycles. The Balaban J connectivity index is -0.00000264. The summed E-state index contributed by atoms with van der Waals surface area (Å²) in [5.41, 5.74) is 0. The molecule has 0 aromatic rings. The third-order valence-electron chi connectivity index (χ3n) is 4.21. The van der Waals surface area contributed by atoms with Gasteiger partial charge in [-0.15, -0.1) is 0 Å². The van der Waals surface area contributed by atoms with E-state index in [0.29, 0.717) is 6.42 Å². The van der Waals surface area contributed by atoms with Crippen LogP contribution in [0.2, 0.25) is 0 Å². The van der Waals surface area contributed by atoms with Gasteiger partial charge in [0.25, 0.3) is 0 Å². The average molecular weight is 388 g/mol. The minimum atomic E-state index is -4.66. The molecule has 0 unspecified atom stereocenters. The van der Waals surface area contributed by atoms with Gasteiger partial charge in [0.05, 0.1) is 0 Å². The van der Waals surface area contributed by atoms with Crippen molar-refractivity contribution in [1.29, 1.82) is 0 Å². The predicted octanol–water partition coefficient (Wildman–Crippen LogP) is 3.00. The van der Waals surface area contributed by atoms with Crippen molar-refractivity contribution in [3.8, 4) is 0 Å². The van der Waals surface area contributed by atoms with E-state index in [4.69, 9.17) is 9.79 Å². The number of carbonyl (C=O) groups excluding carboxylic acids is 1. The van der Waals surface area contributed by atoms with Gasteiger partial charge in [-0.1, -0.05) is 96.8 Å². The summed E-state index contributed by atoms with van der Waals surface area (Å²) in [5, 5.41) is 0. The third kappa shape index (κ3) is 24.6. The maximum atomic E-state index is 11.1. The number of phosphoric ester groups is 1. The van der Waals surface area contributed by atoms with Crippen LogP contribution in [0.3, 0.4) is 0 Å². The van der Waals surface area contributed by atoms with Crippen molar-refractivity contribution in [3.63, 3.8) is 0 Å². The predicted molar refractivity (Wildman–Crippen MR) is 98.8 cm³/mol. The molecule has 0 aliphatic heterocycles. The molecule has 0 spiro atoms. The molecule has 2 N–H and O–H groups in total. The van der Waals surface area contributed by atoms with Crippen LogP contribution in [-0.2, 0) is 13.9 Å². The van der Waals surface area contributed by atoms with E-state index in [2.05, 4.69) is 11.4 Å². The first-order chi connectivity index (χ1) is 11.5. The molecule has 0 atom stereocenters. The molecule has 5 nitrogen and oxygen atoms in total. The molecular weight excluding hydrogens is 350 g/mol. The van der Waals surface area contributed by atoms with Crippen molar-refractivity contribution >= 4 is 13.8 Å². The first-order valence-corrected chi connectivity index (χ1v) is 11.3. The van der Waals surface area contributed by atoms with Crippen molar-refractivity contribution in [2.24, 2.45) is 0 Å². The van der Waals surface area contributed by atoms with Gasteiger partial charge in [0.1, 0.15) is 0 Å². The maximum Gasteiger partial charge on any atom is 1.00 e. The van der Waals surface area contributed by atoms with Gasteiger partial charge >= 0.3 is 43.3 Å². The summed E-state index contributed by atoms with van der Waals surface area (Å²) in [6.07, 6.45) is 18.7. The molecule has 0 fully saturated rings. The molecule has 0 bridgehead atoms. The van der Waals surface area contributed by atoms with Crippen LogP contribution >= 0.6 is 7.82 Å². The molecule has 0 saturated heterocycles. The summed E-state index contributed by atoms with van der Waals surface area (Å²) in [4.78, 5) is 28.0. The van der Waals surface area contributed by atoms with Crippen molar-refractivity contribution in [3.05, 3.63) is 0 Å². The number of hydrogen-bond acceptors (Lipinski definition) is 3. The van der Waals surface area contributed by atoms with Crippen LogP contribution < -0.4 is 29.6 Å². The Kier molecular flexibility index (Phi) is 21.6. The quantitative estimate of drug-likeness (QED) is 0.227. The van der Waals surface area contributed by atoms with E-state index in [1.807, 2.05) is 0 Å². The Bertz CT molecular complexity index is 352. The summed E-state index contributed by atoms with van der Waals surface area (Å²) in [6.45, 7) is 2.25. The van der Waals surface area contributed by atoms with Crippen LogP contribution in [0.15, 0.2) is 0 Å². The fourth-order valence-corrected chi connectivity index (χ4v) is 3.18. The average Bonchev–Trinajstić information content (AvgIpc) is 2.49. The summed E-state index contributed by atoms with van der Waals surface area (Å²) in [6, 6.07) is 0. The van der Waals surface area contributed by atoms with Crippen molar-refractivity contribution in [2.75, 3.05) is 0 Å². The van der Waals surface area contributed by atoms with Gasteiger partial charge in [0, 0.05) is 6.42 Å². The molecular formula is C18H38NaO5P. The van der Waals surface area contributed by atoms with Gasteiger partial charge in [0.2, 0.25) is 0 Å². The minimum Gasteiger partial charge on any atom is -1.00 e. The Hall–Kier alpha value is 0.620. The van der Waals surface area contributed by atoms with Crippen LogP contribution in [-0.4, -0.2) is 15.8 Å². The van der Waals surface area contributed by atoms with Crippen LogP contribution in [0.1, 0.15) is 111 Å². The molecule has 0 aliphatic rings. The van der Waals surface area contributed by atoms with Gasteiger partial charge in [0.15, 0.2) is 0 Å². The fraction of sp³-hybridized carbons (Fsp3) is 0.944. The first-order valence-electron chi connectivity index (χ1n) is 9.73. The molecule has 0 aromatic carbocycles. The molecule has 0 radical (unpaired) electrons. The van der Waals surface area contributed by atoms with Gasteiger partial charge in [-0.3, -0.25) is 14.6 Å². The fourth-order valence-electron chi connectivity index (χ4n) is 2.82. The van der Waals surface area contributed by atoms with E-state index < -0.39 is 13.8 Å². The standard InChI is InChI=1S/C18H37O5P.Na.H/c1-2-3-4-5-6-7-8-9-10-11-12-13-14-15-16-17-18(19)23-24(20,21)22;;/h2-17H2,1H3,(H2,20,21,22);;/q;+1;-1. The molecule has 0 saturated carbocycles. The normalized spacial score (nSPS) is 11.2. The second-order valence-electron chi connectivity index (χ2n) is 6.65. The van der Waals surface area contributed by atoms with Crippen molar-refractivity contribution < 1.29 is 54.7 Å². The van der Waals surface area contributed by atoms with E-state index in [-0.39, 0.29) is 37.4 Å². The van der Waals surface area contributed by atoms with Crippen molar-refractivity contribution in [2.45, 2.75) is 110 Å². The smallest absolute Gasteiger partial charge is 1.00 e. The molecule has 25 heavy (non-hydrogen) atoms. The Morgan fingerprint density at radius 2 is 1.08 bits per heavy atom. The second kappa shape index (κ2) is 19.4. The van der Waals surface area contributed by atoms with Crippen LogP contribution in [0.25, 0.3) is 0 Å². The van der Waals surface area contributed by atoms with E-state index >= 15 is 0 Å². The Morgan fingerprint density at radius 1 is 0.760 bits per heavy atom. The van der Waals surface area contributed by atoms with E-state index in [1.54, 1.807) is 0 Å². The maximum absolute atomic E-state index is 11.1. The number of hydrogen-bond donors (Lipinski definition) is 2. The summed E-state index contributed by atoms with van der Waals surface area (Å²) in [7, 11) is -4.66. The zero-order valence-electron chi connectivity index (χ0n) is 17.4. The molecule has 0 rings (SSSR count). The number of phosphoric acid groups is 1. The number of unbranched alkanes of at least 4 members (excludes halogenated alkanes) is 14. The van der Waals surface area contributed by atoms with Crippen LogP contribution in [0.4, 0.5) is 0 Å². The summed E-state index contributed by atoms with van der Waals surface area (Å²) >= 11 is 0. The van der Waals surface area contributed by atoms with E-state index in [1.165, 1.54) is 77.0 Å². The molecule has 0 amide bonds. The van der Waals surface area contributed by atoms with Crippen LogP contribution in [0, 0.1) is 0 Å². The Labute approximate surface area is 177 Å². The second-order valence-corrected chi connectivity index (χ2v) is 7.82. The number of carbonyl (C=O) groups is 1. The van der Waals surface area contributed by atoms with Gasteiger partial charge in [-0.2, -0.15) is 0 Å². The molecule has 0 heterocycles. The largest absolute Gasteiger partial charge is 1.00 e. The molecule has 146 valence electrons. The van der Waals surface area contributed by atoms with Gasteiger partial charge < -0.3 is 5.95 Å². The molecule has 7 heteroatoms. The molecule has 0 aromatic heterocycles. The zero-order chi connectivity index (χ0) is 18.1. The van der Waals surface area contributed by atoms with Crippen molar-refractivity contribution in [1.82, 2.24) is 0 Å².